The molecule has 0 unspecified atom stereocenters. The number of nitrogens with zero attached hydrogens (tertiary/aromatic N) is 4. The molecule has 0 aliphatic heterocycles. The SMILES string of the molecule is CCCOc1nc(Cl)nc(Nc2cc(Br)ccc2C#N)n1. The molecule has 2 aromatic rings. The van der Waals surface area contributed by atoms with E-state index in [1.165, 1.54) is 0 Å². The number of halogens is 2. The first-order chi connectivity index (χ1) is 10.1. The Labute approximate surface area is 135 Å². The minimum Gasteiger partial charge on any atom is -0.463 e. The number of rotatable bonds is 5. The highest BCUT2D eigenvalue weighted by atomic mass is 79.9. The predicted molar refractivity (Wildman–Crippen MR) is 82.8 cm³/mol. The smallest absolute Gasteiger partial charge is 0.322 e. The van der Waals surface area contributed by atoms with Gasteiger partial charge in [-0.05, 0) is 36.2 Å². The fraction of sp³-hybridized carbons (Fsp3) is 0.231. The Hall–Kier alpha value is -1.91. The van der Waals surface area contributed by atoms with Gasteiger partial charge >= 0.3 is 6.01 Å². The summed E-state index contributed by atoms with van der Waals surface area (Å²) in [5, 5.41) is 12.1. The predicted octanol–water partition coefficient (Wildman–Crippen LogP) is 3.69. The number of hydrogen-bond acceptors (Lipinski definition) is 6. The van der Waals surface area contributed by atoms with Crippen LogP contribution in [0.15, 0.2) is 22.7 Å². The van der Waals surface area contributed by atoms with Crippen molar-refractivity contribution in [3.05, 3.63) is 33.5 Å². The molecule has 0 saturated carbocycles. The maximum absolute atomic E-state index is 9.10. The molecule has 0 bridgehead atoms. The fourth-order valence-corrected chi connectivity index (χ4v) is 2.00. The van der Waals surface area contributed by atoms with Gasteiger partial charge in [-0.1, -0.05) is 22.9 Å². The third-order valence-corrected chi connectivity index (χ3v) is 3.03. The summed E-state index contributed by atoms with van der Waals surface area (Å²) in [5.74, 6) is 0.218. The monoisotopic (exact) mass is 367 g/mol. The average molecular weight is 369 g/mol. The molecule has 2 rings (SSSR count). The second-order valence-electron chi connectivity index (χ2n) is 3.99. The lowest BCUT2D eigenvalue weighted by molar-refractivity contribution is 0.292. The van der Waals surface area contributed by atoms with Crippen LogP contribution in [-0.2, 0) is 0 Å². The highest BCUT2D eigenvalue weighted by molar-refractivity contribution is 9.10. The average Bonchev–Trinajstić information content (AvgIpc) is 2.45. The van der Waals surface area contributed by atoms with E-state index in [2.05, 4.69) is 42.3 Å². The summed E-state index contributed by atoms with van der Waals surface area (Å²) in [6.45, 7) is 2.46. The van der Waals surface area contributed by atoms with Gasteiger partial charge in [0.1, 0.15) is 6.07 Å². The molecule has 0 atom stereocenters. The second kappa shape index (κ2) is 7.20. The molecule has 8 heteroatoms. The van der Waals surface area contributed by atoms with E-state index in [0.717, 1.165) is 10.9 Å². The molecule has 0 radical (unpaired) electrons. The van der Waals surface area contributed by atoms with E-state index in [1.807, 2.05) is 6.92 Å². The summed E-state index contributed by atoms with van der Waals surface area (Å²) in [7, 11) is 0. The molecule has 1 heterocycles. The normalized spacial score (nSPS) is 10.0. The lowest BCUT2D eigenvalue weighted by atomic mass is 10.2. The summed E-state index contributed by atoms with van der Waals surface area (Å²) in [6, 6.07) is 7.45. The third-order valence-electron chi connectivity index (χ3n) is 2.37. The molecule has 6 nitrogen and oxygen atoms in total. The number of ether oxygens (including phenoxy) is 1. The van der Waals surface area contributed by atoms with Crippen LogP contribution >= 0.6 is 27.5 Å². The van der Waals surface area contributed by atoms with Crippen molar-refractivity contribution in [1.29, 1.82) is 5.26 Å². The van der Waals surface area contributed by atoms with Crippen LogP contribution in [0.5, 0.6) is 6.01 Å². The lowest BCUT2D eigenvalue weighted by Gasteiger charge is -2.09. The molecule has 0 aliphatic rings. The zero-order chi connectivity index (χ0) is 15.2. The third kappa shape index (κ3) is 4.28. The Morgan fingerprint density at radius 3 is 2.90 bits per heavy atom. The number of nitrogens with one attached hydrogen (secondary N) is 1. The van der Waals surface area contributed by atoms with Crippen LogP contribution in [0.25, 0.3) is 0 Å². The maximum atomic E-state index is 9.10. The molecule has 108 valence electrons. The van der Waals surface area contributed by atoms with Gasteiger partial charge in [-0.15, -0.1) is 0 Å². The van der Waals surface area contributed by atoms with Crippen LogP contribution in [0.1, 0.15) is 18.9 Å². The zero-order valence-electron chi connectivity index (χ0n) is 11.1. The molecular formula is C13H11BrClN5O. The minimum atomic E-state index is 0.0205. The molecule has 0 spiro atoms. The first-order valence-corrected chi connectivity index (χ1v) is 7.30. The van der Waals surface area contributed by atoms with Gasteiger partial charge in [-0.25, -0.2) is 0 Å². The van der Waals surface area contributed by atoms with Gasteiger partial charge in [0.2, 0.25) is 11.2 Å². The van der Waals surface area contributed by atoms with Crippen LogP contribution in [0, 0.1) is 11.3 Å². The Balaban J connectivity index is 2.29. The van der Waals surface area contributed by atoms with Crippen LogP contribution in [-0.4, -0.2) is 21.6 Å². The molecule has 21 heavy (non-hydrogen) atoms. The van der Waals surface area contributed by atoms with Crippen molar-refractivity contribution in [2.75, 3.05) is 11.9 Å². The quantitative estimate of drug-likeness (QED) is 0.866. The van der Waals surface area contributed by atoms with Gasteiger partial charge in [-0.3, -0.25) is 0 Å². The van der Waals surface area contributed by atoms with E-state index in [9.17, 15) is 0 Å². The highest BCUT2D eigenvalue weighted by Gasteiger charge is 2.09. The topological polar surface area (TPSA) is 83.7 Å². The van der Waals surface area contributed by atoms with Crippen molar-refractivity contribution >= 4 is 39.2 Å². The molecule has 0 aliphatic carbocycles. The summed E-state index contributed by atoms with van der Waals surface area (Å²) < 4.78 is 6.16. The number of aromatic nitrogens is 3. The van der Waals surface area contributed by atoms with Crippen molar-refractivity contribution in [2.45, 2.75) is 13.3 Å². The van der Waals surface area contributed by atoms with Crippen molar-refractivity contribution in [2.24, 2.45) is 0 Å². The number of nitriles is 1. The Morgan fingerprint density at radius 1 is 1.38 bits per heavy atom. The number of hydrogen-bond donors (Lipinski definition) is 1. The molecule has 0 amide bonds. The van der Waals surface area contributed by atoms with E-state index in [-0.39, 0.29) is 17.2 Å². The van der Waals surface area contributed by atoms with Crippen LogP contribution in [0.2, 0.25) is 5.28 Å². The molecule has 0 saturated heterocycles. The van der Waals surface area contributed by atoms with Crippen LogP contribution < -0.4 is 10.1 Å². The lowest BCUT2D eigenvalue weighted by Crippen LogP contribution is -2.05. The first kappa shape index (κ1) is 15.5. The van der Waals surface area contributed by atoms with Gasteiger partial charge in [0, 0.05) is 4.47 Å². The van der Waals surface area contributed by atoms with E-state index < -0.39 is 0 Å². The molecule has 1 N–H and O–H groups in total. The van der Waals surface area contributed by atoms with Gasteiger partial charge in [0.15, 0.2) is 0 Å². The fourth-order valence-electron chi connectivity index (χ4n) is 1.48. The van der Waals surface area contributed by atoms with Gasteiger partial charge in [0.05, 0.1) is 17.9 Å². The van der Waals surface area contributed by atoms with Crippen molar-refractivity contribution in [3.63, 3.8) is 0 Å². The molecule has 1 aromatic heterocycles. The van der Waals surface area contributed by atoms with Crippen LogP contribution in [0.3, 0.4) is 0 Å². The number of anilines is 2. The van der Waals surface area contributed by atoms with Crippen molar-refractivity contribution < 1.29 is 4.74 Å². The van der Waals surface area contributed by atoms with Gasteiger partial charge in [0.25, 0.3) is 0 Å². The molecule has 0 fully saturated rings. The molecular weight excluding hydrogens is 358 g/mol. The Morgan fingerprint density at radius 2 is 2.19 bits per heavy atom. The van der Waals surface area contributed by atoms with Gasteiger partial charge in [-0.2, -0.15) is 20.2 Å². The summed E-state index contributed by atoms with van der Waals surface area (Å²) in [5.41, 5.74) is 1.03. The largest absolute Gasteiger partial charge is 0.463 e. The minimum absolute atomic E-state index is 0.0205. The van der Waals surface area contributed by atoms with E-state index >= 15 is 0 Å². The molecule has 1 aromatic carbocycles. The zero-order valence-corrected chi connectivity index (χ0v) is 13.4. The van der Waals surface area contributed by atoms with Crippen molar-refractivity contribution in [1.82, 2.24) is 15.0 Å². The van der Waals surface area contributed by atoms with E-state index in [0.29, 0.717) is 17.9 Å². The Bertz CT molecular complexity index is 689. The van der Waals surface area contributed by atoms with Gasteiger partial charge < -0.3 is 10.1 Å². The second-order valence-corrected chi connectivity index (χ2v) is 5.24. The first-order valence-electron chi connectivity index (χ1n) is 6.13. The van der Waals surface area contributed by atoms with E-state index in [4.69, 9.17) is 21.6 Å². The van der Waals surface area contributed by atoms with Crippen molar-refractivity contribution in [3.8, 4) is 12.1 Å². The maximum Gasteiger partial charge on any atom is 0.322 e. The Kier molecular flexibility index (Phi) is 5.31. The van der Waals surface area contributed by atoms with E-state index in [1.54, 1.807) is 18.2 Å². The standard InChI is InChI=1S/C13H11BrClN5O/c1-2-5-21-13-19-11(15)18-12(20-13)17-10-6-9(14)4-3-8(10)7-16/h3-4,6H,2,5H2,1H3,(H,17,18,19,20). The number of benzene rings is 1. The summed E-state index contributed by atoms with van der Waals surface area (Å²) >= 11 is 9.19. The highest BCUT2D eigenvalue weighted by Crippen LogP contribution is 2.24. The summed E-state index contributed by atoms with van der Waals surface area (Å²) in [6.07, 6.45) is 0.830. The summed E-state index contributed by atoms with van der Waals surface area (Å²) in [4.78, 5) is 12.0. The van der Waals surface area contributed by atoms with Crippen LogP contribution in [0.4, 0.5) is 11.6 Å².